The molecule has 14 heavy (non-hydrogen) atoms. The summed E-state index contributed by atoms with van der Waals surface area (Å²) in [5, 5.41) is 0.350. The summed E-state index contributed by atoms with van der Waals surface area (Å²) >= 11 is 5.10. The van der Waals surface area contributed by atoms with E-state index in [9.17, 15) is 9.59 Å². The molecule has 0 N–H and O–H groups in total. The van der Waals surface area contributed by atoms with Crippen LogP contribution in [0.4, 0.5) is 0 Å². The highest BCUT2D eigenvalue weighted by Gasteiger charge is 2.25. The quantitative estimate of drug-likeness (QED) is 0.559. The summed E-state index contributed by atoms with van der Waals surface area (Å²) in [5.41, 5.74) is 0. The van der Waals surface area contributed by atoms with Crippen molar-refractivity contribution in [3.63, 3.8) is 0 Å². The van der Waals surface area contributed by atoms with Crippen molar-refractivity contribution in [3.8, 4) is 0 Å². The topological polar surface area (TPSA) is 40.6 Å². The van der Waals surface area contributed by atoms with Gasteiger partial charge in [-0.25, -0.2) is 0 Å². The molecule has 0 aliphatic carbocycles. The third-order valence-electron chi connectivity index (χ3n) is 2.24. The fraction of sp³-hybridized carbons (Fsp3) is 0.667. The molecule has 5 heteroatoms. The Labute approximate surface area is 88.9 Å². The van der Waals surface area contributed by atoms with Gasteiger partial charge in [0.25, 0.3) is 0 Å². The highest BCUT2D eigenvalue weighted by atomic mass is 32.1. The van der Waals surface area contributed by atoms with Gasteiger partial charge in [-0.2, -0.15) is 0 Å². The van der Waals surface area contributed by atoms with Gasteiger partial charge in [0.15, 0.2) is 5.11 Å². The van der Waals surface area contributed by atoms with E-state index in [-0.39, 0.29) is 11.8 Å². The molecule has 1 rings (SSSR count). The second kappa shape index (κ2) is 4.50. The maximum atomic E-state index is 11.2. The zero-order chi connectivity index (χ0) is 10.7. The third-order valence-corrected chi connectivity index (χ3v) is 2.68. The van der Waals surface area contributed by atoms with E-state index in [1.165, 1.54) is 23.6 Å². The number of carbonyl (C=O) groups excluding carboxylic acids is 2. The van der Waals surface area contributed by atoms with Crippen LogP contribution in [0.1, 0.15) is 26.7 Å². The van der Waals surface area contributed by atoms with Crippen LogP contribution in [0.25, 0.3) is 0 Å². The fourth-order valence-corrected chi connectivity index (χ4v) is 1.90. The molecule has 78 valence electrons. The number of thiocarbonyl (C=S) groups is 1. The molecule has 1 fully saturated rings. The van der Waals surface area contributed by atoms with Gasteiger partial charge in [0, 0.05) is 26.9 Å². The van der Waals surface area contributed by atoms with Gasteiger partial charge >= 0.3 is 0 Å². The lowest BCUT2D eigenvalue weighted by Gasteiger charge is -2.26. The molecule has 0 bridgehead atoms. The van der Waals surface area contributed by atoms with E-state index in [4.69, 9.17) is 12.2 Å². The Hall–Kier alpha value is -0.970. The van der Waals surface area contributed by atoms with Gasteiger partial charge in [-0.3, -0.25) is 19.4 Å². The molecule has 0 atom stereocenters. The lowest BCUT2D eigenvalue weighted by atomic mass is 10.3. The molecule has 0 aromatic heterocycles. The number of hydrogen-bond donors (Lipinski definition) is 0. The highest BCUT2D eigenvalue weighted by molar-refractivity contribution is 7.80. The number of amides is 2. The number of rotatable bonds is 0. The summed E-state index contributed by atoms with van der Waals surface area (Å²) in [6.45, 7) is 4.18. The first-order valence-electron chi connectivity index (χ1n) is 4.64. The first-order chi connectivity index (χ1) is 6.54. The zero-order valence-electron chi connectivity index (χ0n) is 8.45. The number of hydrogen-bond acceptors (Lipinski definition) is 3. The minimum atomic E-state index is -0.0943. The Morgan fingerprint density at radius 1 is 1.07 bits per heavy atom. The maximum absolute atomic E-state index is 11.2. The van der Waals surface area contributed by atoms with E-state index in [2.05, 4.69) is 0 Å². The van der Waals surface area contributed by atoms with Crippen molar-refractivity contribution in [1.82, 2.24) is 9.80 Å². The van der Waals surface area contributed by atoms with Gasteiger partial charge in [-0.1, -0.05) is 0 Å². The van der Waals surface area contributed by atoms with Crippen LogP contribution >= 0.6 is 12.2 Å². The SMILES string of the molecule is CC(=O)N1CCCCN(C(C)=O)C1=S. The zero-order valence-corrected chi connectivity index (χ0v) is 9.26. The van der Waals surface area contributed by atoms with E-state index in [0.29, 0.717) is 18.2 Å². The van der Waals surface area contributed by atoms with Crippen LogP contribution in [0.3, 0.4) is 0 Å². The third kappa shape index (κ3) is 2.29. The first-order valence-corrected chi connectivity index (χ1v) is 5.05. The molecule has 0 unspecified atom stereocenters. The summed E-state index contributed by atoms with van der Waals surface area (Å²) in [4.78, 5) is 25.4. The summed E-state index contributed by atoms with van der Waals surface area (Å²) in [7, 11) is 0. The van der Waals surface area contributed by atoms with Crippen LogP contribution in [-0.4, -0.2) is 39.8 Å². The van der Waals surface area contributed by atoms with Gasteiger partial charge < -0.3 is 0 Å². The molecule has 0 aromatic carbocycles. The van der Waals surface area contributed by atoms with E-state index in [1.54, 1.807) is 0 Å². The molecule has 0 radical (unpaired) electrons. The van der Waals surface area contributed by atoms with Crippen LogP contribution in [0.15, 0.2) is 0 Å². The Morgan fingerprint density at radius 2 is 1.43 bits per heavy atom. The highest BCUT2D eigenvalue weighted by Crippen LogP contribution is 2.10. The predicted molar refractivity (Wildman–Crippen MR) is 56.6 cm³/mol. The molecule has 1 aliphatic heterocycles. The first kappa shape index (κ1) is 11.1. The normalized spacial score (nSPS) is 18.0. The summed E-state index contributed by atoms with van der Waals surface area (Å²) in [6.07, 6.45) is 1.78. The minimum Gasteiger partial charge on any atom is -0.289 e. The van der Waals surface area contributed by atoms with Crippen molar-refractivity contribution in [3.05, 3.63) is 0 Å². The average molecular weight is 214 g/mol. The lowest BCUT2D eigenvalue weighted by molar-refractivity contribution is -0.127. The second-order valence-corrected chi connectivity index (χ2v) is 3.70. The minimum absolute atomic E-state index is 0.0943. The van der Waals surface area contributed by atoms with E-state index >= 15 is 0 Å². The Balaban J connectivity index is 2.84. The van der Waals surface area contributed by atoms with Gasteiger partial charge in [0.2, 0.25) is 11.8 Å². The van der Waals surface area contributed by atoms with Crippen LogP contribution in [0.5, 0.6) is 0 Å². The van der Waals surface area contributed by atoms with Crippen molar-refractivity contribution in [1.29, 1.82) is 0 Å². The molecule has 1 saturated heterocycles. The molecule has 0 saturated carbocycles. The van der Waals surface area contributed by atoms with E-state index in [1.807, 2.05) is 0 Å². The standard InChI is InChI=1S/C9H14N2O2S/c1-7(12)10-5-3-4-6-11(8(2)13)9(10)14/h3-6H2,1-2H3. The molecule has 2 amide bonds. The van der Waals surface area contributed by atoms with Crippen molar-refractivity contribution >= 4 is 29.1 Å². The molecule has 1 heterocycles. The average Bonchev–Trinajstić information content (AvgIpc) is 2.26. The Kier molecular flexibility index (Phi) is 3.57. The van der Waals surface area contributed by atoms with Crippen molar-refractivity contribution in [2.24, 2.45) is 0 Å². The monoisotopic (exact) mass is 214 g/mol. The van der Waals surface area contributed by atoms with Crippen molar-refractivity contribution in [2.75, 3.05) is 13.1 Å². The van der Waals surface area contributed by atoms with Crippen molar-refractivity contribution < 1.29 is 9.59 Å². The summed E-state index contributed by atoms with van der Waals surface area (Å²) in [5.74, 6) is -0.189. The van der Waals surface area contributed by atoms with E-state index in [0.717, 1.165) is 12.8 Å². The molecule has 0 aromatic rings. The second-order valence-electron chi connectivity index (χ2n) is 3.33. The van der Waals surface area contributed by atoms with Gasteiger partial charge in [-0.15, -0.1) is 0 Å². The summed E-state index contributed by atoms with van der Waals surface area (Å²) < 4.78 is 0. The maximum Gasteiger partial charge on any atom is 0.225 e. The lowest BCUT2D eigenvalue weighted by Crippen LogP contribution is -2.45. The Morgan fingerprint density at radius 3 is 1.71 bits per heavy atom. The number of nitrogens with zero attached hydrogens (tertiary/aromatic N) is 2. The van der Waals surface area contributed by atoms with Gasteiger partial charge in [0.05, 0.1) is 0 Å². The fourth-order valence-electron chi connectivity index (χ4n) is 1.46. The predicted octanol–water partition coefficient (Wildman–Crippen LogP) is 0.762. The van der Waals surface area contributed by atoms with Crippen LogP contribution < -0.4 is 0 Å². The smallest absolute Gasteiger partial charge is 0.225 e. The Bertz CT molecular complexity index is 252. The van der Waals surface area contributed by atoms with Crippen molar-refractivity contribution in [2.45, 2.75) is 26.7 Å². The van der Waals surface area contributed by atoms with E-state index < -0.39 is 0 Å². The molecular weight excluding hydrogens is 200 g/mol. The molecule has 1 aliphatic rings. The molecular formula is C9H14N2O2S. The molecule has 4 nitrogen and oxygen atoms in total. The van der Waals surface area contributed by atoms with Crippen LogP contribution in [0, 0.1) is 0 Å². The molecule has 0 spiro atoms. The van der Waals surface area contributed by atoms with Gasteiger partial charge in [0.1, 0.15) is 0 Å². The van der Waals surface area contributed by atoms with Gasteiger partial charge in [-0.05, 0) is 25.1 Å². The van der Waals surface area contributed by atoms with Crippen LogP contribution in [-0.2, 0) is 9.59 Å². The number of carbonyl (C=O) groups is 2. The largest absolute Gasteiger partial charge is 0.289 e. The van der Waals surface area contributed by atoms with Crippen LogP contribution in [0.2, 0.25) is 0 Å². The summed E-state index contributed by atoms with van der Waals surface area (Å²) in [6, 6.07) is 0.